The lowest BCUT2D eigenvalue weighted by Crippen LogP contribution is -2.54. The molecule has 2 aliphatic rings. The number of fused-ring (bicyclic) bond motifs is 1. The molecule has 9 nitrogen and oxygen atoms in total. The quantitative estimate of drug-likeness (QED) is 0.452. The molecular weight excluding hydrogens is 414 g/mol. The normalized spacial score (nSPS) is 17.9. The van der Waals surface area contributed by atoms with E-state index in [0.717, 1.165) is 10.6 Å². The van der Waals surface area contributed by atoms with Crippen LogP contribution >= 0.6 is 0 Å². The van der Waals surface area contributed by atoms with E-state index in [1.807, 2.05) is 30.3 Å². The van der Waals surface area contributed by atoms with E-state index in [1.165, 1.54) is 0 Å². The number of nitrogens with zero attached hydrogens (tertiary/aromatic N) is 1. The molecule has 2 heterocycles. The zero-order valence-corrected chi connectivity index (χ0v) is 17.3. The number of anilines is 1. The fraction of sp³-hybridized carbons (Fsp3) is 0.304. The fourth-order valence-corrected chi connectivity index (χ4v) is 3.76. The Morgan fingerprint density at radius 1 is 0.938 bits per heavy atom. The van der Waals surface area contributed by atoms with Crippen molar-refractivity contribution in [3.63, 3.8) is 0 Å². The number of benzene rings is 2. The van der Waals surface area contributed by atoms with Crippen molar-refractivity contribution < 1.29 is 28.7 Å². The van der Waals surface area contributed by atoms with Gasteiger partial charge in [-0.25, -0.2) is 0 Å². The van der Waals surface area contributed by atoms with Gasteiger partial charge < -0.3 is 14.8 Å². The second-order valence-corrected chi connectivity index (χ2v) is 7.38. The number of nitrogens with one attached hydrogen (secondary N) is 2. The minimum Gasteiger partial charge on any atom is -0.491 e. The number of imide groups is 2. The Labute approximate surface area is 184 Å². The number of hydrogen-bond acceptors (Lipinski definition) is 7. The first-order chi connectivity index (χ1) is 15.6. The van der Waals surface area contributed by atoms with Crippen LogP contribution in [0.5, 0.6) is 5.75 Å². The van der Waals surface area contributed by atoms with Gasteiger partial charge in [0.15, 0.2) is 0 Å². The van der Waals surface area contributed by atoms with Gasteiger partial charge in [0.25, 0.3) is 11.8 Å². The lowest BCUT2D eigenvalue weighted by Gasteiger charge is -2.27. The fourth-order valence-electron chi connectivity index (χ4n) is 3.76. The molecule has 0 spiro atoms. The van der Waals surface area contributed by atoms with Crippen molar-refractivity contribution in [1.29, 1.82) is 0 Å². The van der Waals surface area contributed by atoms with Crippen molar-refractivity contribution in [2.24, 2.45) is 0 Å². The van der Waals surface area contributed by atoms with Crippen LogP contribution in [-0.2, 0) is 14.3 Å². The highest BCUT2D eigenvalue weighted by Gasteiger charge is 2.45. The first kappa shape index (κ1) is 21.5. The van der Waals surface area contributed by atoms with Gasteiger partial charge in [0.2, 0.25) is 11.8 Å². The maximum Gasteiger partial charge on any atom is 0.264 e. The average Bonchev–Trinajstić information content (AvgIpc) is 3.05. The van der Waals surface area contributed by atoms with Crippen molar-refractivity contribution in [2.75, 3.05) is 31.7 Å². The molecule has 2 N–H and O–H groups in total. The first-order valence-corrected chi connectivity index (χ1v) is 10.4. The van der Waals surface area contributed by atoms with Crippen LogP contribution in [0.1, 0.15) is 33.6 Å². The van der Waals surface area contributed by atoms with E-state index >= 15 is 0 Å². The zero-order valence-electron chi connectivity index (χ0n) is 17.3. The highest BCUT2D eigenvalue weighted by atomic mass is 16.5. The molecule has 0 aliphatic carbocycles. The summed E-state index contributed by atoms with van der Waals surface area (Å²) in [4.78, 5) is 50.4. The van der Waals surface area contributed by atoms with E-state index in [2.05, 4.69) is 10.6 Å². The second kappa shape index (κ2) is 9.61. The van der Waals surface area contributed by atoms with E-state index in [4.69, 9.17) is 9.47 Å². The van der Waals surface area contributed by atoms with Gasteiger partial charge in [-0.1, -0.05) is 24.3 Å². The third kappa shape index (κ3) is 4.47. The minimum atomic E-state index is -0.985. The van der Waals surface area contributed by atoms with Crippen LogP contribution in [0.4, 0.5) is 5.69 Å². The highest BCUT2D eigenvalue weighted by molar-refractivity contribution is 6.25. The monoisotopic (exact) mass is 437 g/mol. The molecule has 0 radical (unpaired) electrons. The Balaban J connectivity index is 1.31. The molecule has 1 saturated heterocycles. The van der Waals surface area contributed by atoms with Gasteiger partial charge in [-0.05, 0) is 30.7 Å². The number of piperidine rings is 1. The molecule has 0 bridgehead atoms. The molecule has 1 fully saturated rings. The van der Waals surface area contributed by atoms with Crippen LogP contribution < -0.4 is 15.4 Å². The van der Waals surface area contributed by atoms with Crippen LogP contribution in [-0.4, -0.2) is 60.9 Å². The summed E-state index contributed by atoms with van der Waals surface area (Å²) in [5.41, 5.74) is 0.969. The van der Waals surface area contributed by atoms with Gasteiger partial charge in [0, 0.05) is 18.7 Å². The lowest BCUT2D eigenvalue weighted by atomic mass is 10.0. The summed E-state index contributed by atoms with van der Waals surface area (Å²) in [5, 5.41) is 5.32. The molecule has 9 heteroatoms. The van der Waals surface area contributed by atoms with Gasteiger partial charge in [0.05, 0.1) is 24.3 Å². The number of rotatable bonds is 9. The Bertz CT molecular complexity index is 1040. The lowest BCUT2D eigenvalue weighted by molar-refractivity contribution is -0.136. The number of ether oxygens (including phenoxy) is 2. The molecule has 4 rings (SSSR count). The molecule has 166 valence electrons. The summed E-state index contributed by atoms with van der Waals surface area (Å²) in [5.74, 6) is -1.33. The van der Waals surface area contributed by atoms with Gasteiger partial charge in [-0.15, -0.1) is 0 Å². The largest absolute Gasteiger partial charge is 0.491 e. The van der Waals surface area contributed by atoms with Gasteiger partial charge in [0.1, 0.15) is 18.4 Å². The smallest absolute Gasteiger partial charge is 0.264 e. The van der Waals surface area contributed by atoms with Gasteiger partial charge in [-0.3, -0.25) is 29.4 Å². The van der Waals surface area contributed by atoms with Crippen LogP contribution in [0, 0.1) is 0 Å². The predicted molar refractivity (Wildman–Crippen MR) is 114 cm³/mol. The molecular formula is C23H23N3O6. The summed E-state index contributed by atoms with van der Waals surface area (Å²) < 4.78 is 11.1. The third-order valence-corrected chi connectivity index (χ3v) is 5.27. The van der Waals surface area contributed by atoms with Crippen molar-refractivity contribution in [2.45, 2.75) is 18.9 Å². The predicted octanol–water partition coefficient (Wildman–Crippen LogP) is 1.60. The number of hydrogen-bond donors (Lipinski definition) is 2. The number of carbonyl (C=O) groups is 4. The standard InChI is InChI=1S/C23H23N3O6/c27-19-10-9-18(21(28)25-19)26-22(29)16-7-4-8-17(20(16)23(26)30)24-11-12-31-13-14-32-15-5-2-1-3-6-15/h1-8,18,24H,9-14H2,(H,25,27,28). The molecule has 0 aromatic heterocycles. The Morgan fingerprint density at radius 2 is 1.75 bits per heavy atom. The average molecular weight is 437 g/mol. The molecule has 0 saturated carbocycles. The number of amides is 4. The Kier molecular flexibility index (Phi) is 6.46. The van der Waals surface area contributed by atoms with E-state index in [0.29, 0.717) is 32.1 Å². The molecule has 1 atom stereocenters. The topological polar surface area (TPSA) is 114 Å². The summed E-state index contributed by atoms with van der Waals surface area (Å²) in [6.45, 7) is 1.62. The van der Waals surface area contributed by atoms with Crippen molar-refractivity contribution in [3.8, 4) is 5.75 Å². The molecule has 1 unspecified atom stereocenters. The van der Waals surface area contributed by atoms with E-state index in [-0.39, 0.29) is 24.0 Å². The summed E-state index contributed by atoms with van der Waals surface area (Å²) in [6.07, 6.45) is 0.206. The van der Waals surface area contributed by atoms with E-state index in [9.17, 15) is 19.2 Å². The first-order valence-electron chi connectivity index (χ1n) is 10.4. The van der Waals surface area contributed by atoms with Crippen LogP contribution in [0.25, 0.3) is 0 Å². The molecule has 32 heavy (non-hydrogen) atoms. The summed E-state index contributed by atoms with van der Waals surface area (Å²) >= 11 is 0. The number of para-hydroxylation sites is 1. The van der Waals surface area contributed by atoms with Crippen molar-refractivity contribution >= 4 is 29.3 Å². The third-order valence-electron chi connectivity index (χ3n) is 5.27. The van der Waals surface area contributed by atoms with Gasteiger partial charge in [-0.2, -0.15) is 0 Å². The minimum absolute atomic E-state index is 0.0836. The van der Waals surface area contributed by atoms with Crippen LogP contribution in [0.2, 0.25) is 0 Å². The summed E-state index contributed by atoms with van der Waals surface area (Å²) in [6, 6.07) is 13.4. The van der Waals surface area contributed by atoms with Crippen LogP contribution in [0.3, 0.4) is 0 Å². The van der Waals surface area contributed by atoms with E-state index < -0.39 is 29.7 Å². The van der Waals surface area contributed by atoms with Crippen molar-refractivity contribution in [1.82, 2.24) is 10.2 Å². The number of carbonyl (C=O) groups excluding carboxylic acids is 4. The molecule has 2 aromatic rings. The van der Waals surface area contributed by atoms with Crippen molar-refractivity contribution in [3.05, 3.63) is 59.7 Å². The Hall–Kier alpha value is -3.72. The summed E-state index contributed by atoms with van der Waals surface area (Å²) in [7, 11) is 0. The highest BCUT2D eigenvalue weighted by Crippen LogP contribution is 2.32. The van der Waals surface area contributed by atoms with Crippen LogP contribution in [0.15, 0.2) is 48.5 Å². The maximum atomic E-state index is 13.0. The second-order valence-electron chi connectivity index (χ2n) is 7.38. The molecule has 2 aliphatic heterocycles. The molecule has 4 amide bonds. The SMILES string of the molecule is O=C1CCC(N2C(=O)c3cccc(NCCOCCOc4ccccc4)c3C2=O)C(=O)N1. The molecule has 2 aromatic carbocycles. The zero-order chi connectivity index (χ0) is 22.5. The maximum absolute atomic E-state index is 13.0. The Morgan fingerprint density at radius 3 is 2.53 bits per heavy atom. The van der Waals surface area contributed by atoms with E-state index in [1.54, 1.807) is 18.2 Å². The van der Waals surface area contributed by atoms with Gasteiger partial charge >= 0.3 is 0 Å².